The van der Waals surface area contributed by atoms with Gasteiger partial charge in [0.15, 0.2) is 0 Å². The van der Waals surface area contributed by atoms with Gasteiger partial charge in [0.25, 0.3) is 5.91 Å². The lowest BCUT2D eigenvalue weighted by molar-refractivity contribution is -0.131. The highest BCUT2D eigenvalue weighted by atomic mass is 16.5. The summed E-state index contributed by atoms with van der Waals surface area (Å²) in [5.74, 6) is 0.930. The minimum Gasteiger partial charge on any atom is -0.497 e. The molecule has 1 fully saturated rings. The predicted octanol–water partition coefficient (Wildman–Crippen LogP) is 4.61. The first-order chi connectivity index (χ1) is 17.1. The Morgan fingerprint density at radius 1 is 0.857 bits per heavy atom. The van der Waals surface area contributed by atoms with E-state index < -0.39 is 0 Å². The number of nitrogens with zero attached hydrogens (tertiary/aromatic N) is 2. The fourth-order valence-electron chi connectivity index (χ4n) is 4.37. The van der Waals surface area contributed by atoms with Gasteiger partial charge in [0.2, 0.25) is 5.91 Å². The zero-order valence-corrected chi connectivity index (χ0v) is 20.3. The molecule has 2 amide bonds. The van der Waals surface area contributed by atoms with Gasteiger partial charge < -0.3 is 15.0 Å². The second-order valence-electron chi connectivity index (χ2n) is 8.88. The zero-order valence-electron chi connectivity index (χ0n) is 20.3. The van der Waals surface area contributed by atoms with E-state index in [1.165, 1.54) is 0 Å². The highest BCUT2D eigenvalue weighted by molar-refractivity contribution is 6.04. The molecule has 1 aliphatic heterocycles. The minimum atomic E-state index is -0.109. The van der Waals surface area contributed by atoms with Gasteiger partial charge in [-0.1, -0.05) is 42.5 Å². The van der Waals surface area contributed by atoms with Crippen molar-refractivity contribution in [3.05, 3.63) is 95.6 Å². The van der Waals surface area contributed by atoms with Crippen LogP contribution in [0.1, 0.15) is 34.3 Å². The Morgan fingerprint density at radius 3 is 2.43 bits per heavy atom. The summed E-state index contributed by atoms with van der Waals surface area (Å²) in [6.45, 7) is 4.05. The number of rotatable bonds is 8. The predicted molar refractivity (Wildman–Crippen MR) is 139 cm³/mol. The van der Waals surface area contributed by atoms with Gasteiger partial charge in [-0.05, 0) is 60.4 Å². The molecule has 1 aliphatic rings. The Bertz CT molecular complexity index is 1120. The first kappa shape index (κ1) is 24.5. The molecule has 0 spiro atoms. The van der Waals surface area contributed by atoms with Crippen LogP contribution in [0.15, 0.2) is 78.9 Å². The van der Waals surface area contributed by atoms with E-state index in [1.54, 1.807) is 7.11 Å². The Kier molecular flexibility index (Phi) is 8.52. The maximum atomic E-state index is 12.8. The molecular formula is C29H33N3O3. The van der Waals surface area contributed by atoms with Crippen LogP contribution in [0.5, 0.6) is 5.75 Å². The second-order valence-corrected chi connectivity index (χ2v) is 8.88. The first-order valence-corrected chi connectivity index (χ1v) is 12.2. The number of methoxy groups -OCH3 is 1. The van der Waals surface area contributed by atoms with Crippen molar-refractivity contribution in [2.45, 2.75) is 25.8 Å². The second kappa shape index (κ2) is 12.2. The Hall–Kier alpha value is -3.64. The molecule has 3 aromatic rings. The zero-order chi connectivity index (χ0) is 24.5. The van der Waals surface area contributed by atoms with Crippen LogP contribution in [0.4, 0.5) is 5.69 Å². The number of benzene rings is 3. The molecule has 0 bridgehead atoms. The van der Waals surface area contributed by atoms with Crippen LogP contribution in [-0.4, -0.2) is 54.9 Å². The molecule has 1 N–H and O–H groups in total. The van der Waals surface area contributed by atoms with Gasteiger partial charge in [-0.15, -0.1) is 0 Å². The van der Waals surface area contributed by atoms with Crippen molar-refractivity contribution in [2.24, 2.45) is 0 Å². The number of para-hydroxylation sites is 1. The highest BCUT2D eigenvalue weighted by Crippen LogP contribution is 2.16. The number of anilines is 1. The van der Waals surface area contributed by atoms with Crippen molar-refractivity contribution in [1.29, 1.82) is 0 Å². The molecule has 0 aromatic heterocycles. The Balaban J connectivity index is 1.27. The number of hydrogen-bond donors (Lipinski definition) is 1. The lowest BCUT2D eigenvalue weighted by atomic mass is 10.1. The standard InChI is InChI=1S/C29H33N3O3/c1-35-27-14-11-23(12-15-27)13-16-28(33)32-18-6-17-31(19-20-32)22-24-7-5-8-25(21-24)29(34)30-26-9-3-2-4-10-26/h2-5,7-12,14-15,21H,6,13,16-20,22H2,1H3,(H,30,34). The average Bonchev–Trinajstić information content (AvgIpc) is 3.14. The Morgan fingerprint density at radius 2 is 1.66 bits per heavy atom. The summed E-state index contributed by atoms with van der Waals surface area (Å²) in [7, 11) is 1.65. The van der Waals surface area contributed by atoms with Gasteiger partial charge >= 0.3 is 0 Å². The summed E-state index contributed by atoms with van der Waals surface area (Å²) < 4.78 is 5.20. The van der Waals surface area contributed by atoms with E-state index in [4.69, 9.17) is 4.74 Å². The number of aryl methyl sites for hydroxylation is 1. The van der Waals surface area contributed by atoms with Gasteiger partial charge in [0.1, 0.15) is 5.75 Å². The summed E-state index contributed by atoms with van der Waals surface area (Å²) in [5, 5.41) is 2.94. The monoisotopic (exact) mass is 471 g/mol. The topological polar surface area (TPSA) is 61.9 Å². The molecule has 0 unspecified atom stereocenters. The maximum absolute atomic E-state index is 12.8. The number of carbonyl (C=O) groups is 2. The van der Waals surface area contributed by atoms with E-state index in [9.17, 15) is 9.59 Å². The third-order valence-electron chi connectivity index (χ3n) is 6.35. The highest BCUT2D eigenvalue weighted by Gasteiger charge is 2.19. The molecule has 6 nitrogen and oxygen atoms in total. The van der Waals surface area contributed by atoms with E-state index >= 15 is 0 Å². The largest absolute Gasteiger partial charge is 0.497 e. The molecule has 4 rings (SSSR count). The summed E-state index contributed by atoms with van der Waals surface area (Å²) in [4.78, 5) is 29.8. The number of nitrogens with one attached hydrogen (secondary N) is 1. The van der Waals surface area contributed by atoms with Crippen LogP contribution in [0.25, 0.3) is 0 Å². The molecule has 35 heavy (non-hydrogen) atoms. The smallest absolute Gasteiger partial charge is 0.255 e. The summed E-state index contributed by atoms with van der Waals surface area (Å²) in [5.41, 5.74) is 3.68. The average molecular weight is 472 g/mol. The van der Waals surface area contributed by atoms with Crippen LogP contribution in [0.2, 0.25) is 0 Å². The fraction of sp³-hybridized carbons (Fsp3) is 0.310. The van der Waals surface area contributed by atoms with Crippen molar-refractivity contribution < 1.29 is 14.3 Å². The van der Waals surface area contributed by atoms with Crippen molar-refractivity contribution in [3.63, 3.8) is 0 Å². The lowest BCUT2D eigenvalue weighted by Crippen LogP contribution is -2.35. The van der Waals surface area contributed by atoms with E-state index in [0.717, 1.165) is 68.1 Å². The molecule has 0 atom stereocenters. The first-order valence-electron chi connectivity index (χ1n) is 12.2. The van der Waals surface area contributed by atoms with Crippen LogP contribution in [-0.2, 0) is 17.8 Å². The molecule has 6 heteroatoms. The molecule has 0 aliphatic carbocycles. The molecule has 3 aromatic carbocycles. The van der Waals surface area contributed by atoms with Crippen molar-refractivity contribution >= 4 is 17.5 Å². The van der Waals surface area contributed by atoms with Crippen molar-refractivity contribution in [1.82, 2.24) is 9.80 Å². The van der Waals surface area contributed by atoms with Crippen LogP contribution >= 0.6 is 0 Å². The lowest BCUT2D eigenvalue weighted by Gasteiger charge is -2.22. The van der Waals surface area contributed by atoms with E-state index in [2.05, 4.69) is 16.3 Å². The molecule has 1 saturated heterocycles. The summed E-state index contributed by atoms with van der Waals surface area (Å²) in [6, 6.07) is 25.2. The third kappa shape index (κ3) is 7.17. The summed E-state index contributed by atoms with van der Waals surface area (Å²) >= 11 is 0. The minimum absolute atomic E-state index is 0.109. The SMILES string of the molecule is COc1ccc(CCC(=O)N2CCCN(Cc3cccc(C(=O)Nc4ccccc4)c3)CC2)cc1. The normalized spacial score (nSPS) is 14.3. The fourth-order valence-corrected chi connectivity index (χ4v) is 4.37. The number of carbonyl (C=O) groups excluding carboxylic acids is 2. The van der Waals surface area contributed by atoms with E-state index in [0.29, 0.717) is 12.0 Å². The maximum Gasteiger partial charge on any atom is 0.255 e. The molecule has 0 saturated carbocycles. The molecular weight excluding hydrogens is 438 g/mol. The number of amides is 2. The van der Waals surface area contributed by atoms with Crippen molar-refractivity contribution in [2.75, 3.05) is 38.6 Å². The Labute approximate surface area is 207 Å². The quantitative estimate of drug-likeness (QED) is 0.521. The van der Waals surface area contributed by atoms with Crippen LogP contribution in [0, 0.1) is 0 Å². The summed E-state index contributed by atoms with van der Waals surface area (Å²) in [6.07, 6.45) is 2.20. The van der Waals surface area contributed by atoms with E-state index in [1.807, 2.05) is 77.7 Å². The van der Waals surface area contributed by atoms with Gasteiger partial charge in [-0.3, -0.25) is 14.5 Å². The molecule has 0 radical (unpaired) electrons. The van der Waals surface area contributed by atoms with E-state index in [-0.39, 0.29) is 11.8 Å². The van der Waals surface area contributed by atoms with Crippen molar-refractivity contribution in [3.8, 4) is 5.75 Å². The van der Waals surface area contributed by atoms with Gasteiger partial charge in [-0.25, -0.2) is 0 Å². The third-order valence-corrected chi connectivity index (χ3v) is 6.35. The van der Waals surface area contributed by atoms with Crippen LogP contribution in [0.3, 0.4) is 0 Å². The number of ether oxygens (including phenoxy) is 1. The molecule has 182 valence electrons. The van der Waals surface area contributed by atoms with Gasteiger partial charge in [0.05, 0.1) is 7.11 Å². The molecule has 1 heterocycles. The number of hydrogen-bond acceptors (Lipinski definition) is 4. The van der Waals surface area contributed by atoms with Crippen LogP contribution < -0.4 is 10.1 Å². The van der Waals surface area contributed by atoms with Gasteiger partial charge in [-0.2, -0.15) is 0 Å². The van der Waals surface area contributed by atoms with Gasteiger partial charge in [0, 0.05) is 50.4 Å².